The highest BCUT2D eigenvalue weighted by Gasteiger charge is 2.19. The number of rotatable bonds is 0. The van der Waals surface area contributed by atoms with Gasteiger partial charge in [0.05, 0.1) is 4.88 Å². The lowest BCUT2D eigenvalue weighted by Crippen LogP contribution is -2.12. The standard InChI is InChI=1S/C7H9N3OS/c8-7-10-6-4(11)1-2-9-3-5(6)12-7/h9H,1-3H2,(H2,8,10). The van der Waals surface area contributed by atoms with Gasteiger partial charge in [-0.25, -0.2) is 4.98 Å². The maximum Gasteiger partial charge on any atom is 0.183 e. The number of carbonyl (C=O) groups is 1. The van der Waals surface area contributed by atoms with Crippen LogP contribution in [0.1, 0.15) is 21.8 Å². The minimum atomic E-state index is 0.1000. The quantitative estimate of drug-likeness (QED) is 0.611. The Morgan fingerprint density at radius 1 is 1.58 bits per heavy atom. The number of thiazole rings is 1. The molecule has 2 rings (SSSR count). The molecule has 3 N–H and O–H groups in total. The average molecular weight is 183 g/mol. The third-order valence-electron chi connectivity index (χ3n) is 1.79. The van der Waals surface area contributed by atoms with Crippen molar-refractivity contribution in [2.75, 3.05) is 12.3 Å². The SMILES string of the molecule is Nc1nc2c(s1)CNCCC2=O. The molecule has 1 aromatic rings. The third-order valence-corrected chi connectivity index (χ3v) is 2.68. The number of nitrogens with zero attached hydrogens (tertiary/aromatic N) is 1. The first-order valence-electron chi connectivity index (χ1n) is 3.76. The smallest absolute Gasteiger partial charge is 0.183 e. The predicted molar refractivity (Wildman–Crippen MR) is 47.2 cm³/mol. The summed E-state index contributed by atoms with van der Waals surface area (Å²) in [5.41, 5.74) is 6.07. The molecular weight excluding hydrogens is 174 g/mol. The number of carbonyl (C=O) groups excluding carboxylic acids is 1. The first-order valence-corrected chi connectivity index (χ1v) is 4.58. The van der Waals surface area contributed by atoms with E-state index >= 15 is 0 Å². The van der Waals surface area contributed by atoms with Gasteiger partial charge in [0.25, 0.3) is 0 Å². The number of fused-ring (bicyclic) bond motifs is 1. The molecule has 0 aromatic carbocycles. The summed E-state index contributed by atoms with van der Waals surface area (Å²) >= 11 is 1.39. The van der Waals surface area contributed by atoms with Gasteiger partial charge in [-0.2, -0.15) is 0 Å². The third kappa shape index (κ3) is 1.21. The number of aromatic nitrogens is 1. The fraction of sp³-hybridized carbons (Fsp3) is 0.429. The van der Waals surface area contributed by atoms with E-state index in [9.17, 15) is 4.79 Å². The molecule has 1 aromatic heterocycles. The number of nitrogen functional groups attached to an aromatic ring is 1. The second-order valence-electron chi connectivity index (χ2n) is 2.67. The predicted octanol–water partition coefficient (Wildman–Crippen LogP) is 0.401. The van der Waals surface area contributed by atoms with Crippen molar-refractivity contribution in [2.24, 2.45) is 0 Å². The van der Waals surface area contributed by atoms with Gasteiger partial charge in [0.15, 0.2) is 10.9 Å². The number of hydrogen-bond acceptors (Lipinski definition) is 5. The number of hydrogen-bond donors (Lipinski definition) is 2. The minimum absolute atomic E-state index is 0.1000. The Morgan fingerprint density at radius 2 is 2.42 bits per heavy atom. The number of nitrogens with one attached hydrogen (secondary N) is 1. The van der Waals surface area contributed by atoms with Crippen molar-refractivity contribution in [3.05, 3.63) is 10.6 Å². The van der Waals surface area contributed by atoms with Crippen LogP contribution >= 0.6 is 11.3 Å². The molecule has 5 heteroatoms. The molecule has 12 heavy (non-hydrogen) atoms. The average Bonchev–Trinajstić information content (AvgIpc) is 2.33. The zero-order valence-corrected chi connectivity index (χ0v) is 7.28. The second kappa shape index (κ2) is 2.84. The van der Waals surface area contributed by atoms with E-state index in [0.29, 0.717) is 17.2 Å². The Hall–Kier alpha value is -0.940. The molecular formula is C7H9N3OS. The zero-order chi connectivity index (χ0) is 8.55. The van der Waals surface area contributed by atoms with E-state index in [4.69, 9.17) is 5.73 Å². The molecule has 0 aliphatic carbocycles. The summed E-state index contributed by atoms with van der Waals surface area (Å²) in [6.45, 7) is 1.46. The van der Waals surface area contributed by atoms with Crippen LogP contribution in [0.5, 0.6) is 0 Å². The Balaban J connectivity index is 2.44. The molecule has 1 aliphatic heterocycles. The van der Waals surface area contributed by atoms with Crippen molar-refractivity contribution < 1.29 is 4.79 Å². The van der Waals surface area contributed by atoms with Gasteiger partial charge in [-0.1, -0.05) is 0 Å². The van der Waals surface area contributed by atoms with Gasteiger partial charge < -0.3 is 11.1 Å². The molecule has 0 bridgehead atoms. The molecule has 64 valence electrons. The lowest BCUT2D eigenvalue weighted by atomic mass is 10.2. The van der Waals surface area contributed by atoms with Gasteiger partial charge in [-0.05, 0) is 0 Å². The molecule has 2 heterocycles. The molecule has 0 amide bonds. The molecule has 0 spiro atoms. The van der Waals surface area contributed by atoms with Crippen LogP contribution in [0.3, 0.4) is 0 Å². The van der Waals surface area contributed by atoms with Crippen LogP contribution in [0.15, 0.2) is 0 Å². The van der Waals surface area contributed by atoms with Crippen LogP contribution in [0.25, 0.3) is 0 Å². The fourth-order valence-corrected chi connectivity index (χ4v) is 2.05. The highest BCUT2D eigenvalue weighted by Crippen LogP contribution is 2.22. The van der Waals surface area contributed by atoms with Crippen LogP contribution in [0.4, 0.5) is 5.13 Å². The van der Waals surface area contributed by atoms with Crippen molar-refractivity contribution in [3.63, 3.8) is 0 Å². The Labute approximate surface area is 73.8 Å². The summed E-state index contributed by atoms with van der Waals surface area (Å²) < 4.78 is 0. The van der Waals surface area contributed by atoms with Crippen LogP contribution in [-0.4, -0.2) is 17.3 Å². The largest absolute Gasteiger partial charge is 0.375 e. The maximum atomic E-state index is 11.4. The number of nitrogens with two attached hydrogens (primary N) is 1. The topological polar surface area (TPSA) is 68.0 Å². The Bertz CT molecular complexity index is 320. The number of Topliss-reactive ketones (excluding diaryl/α,β-unsaturated/α-hetero) is 1. The lowest BCUT2D eigenvalue weighted by molar-refractivity contribution is 0.0981. The summed E-state index contributed by atoms with van der Waals surface area (Å²) in [7, 11) is 0. The van der Waals surface area contributed by atoms with E-state index in [0.717, 1.165) is 18.0 Å². The van der Waals surface area contributed by atoms with Gasteiger partial charge in [0.1, 0.15) is 5.69 Å². The Kier molecular flexibility index (Phi) is 1.82. The highest BCUT2D eigenvalue weighted by atomic mass is 32.1. The Morgan fingerprint density at radius 3 is 3.25 bits per heavy atom. The van der Waals surface area contributed by atoms with Crippen molar-refractivity contribution >= 4 is 22.3 Å². The van der Waals surface area contributed by atoms with Crippen molar-refractivity contribution in [1.29, 1.82) is 0 Å². The number of anilines is 1. The van der Waals surface area contributed by atoms with Crippen molar-refractivity contribution in [1.82, 2.24) is 10.3 Å². The van der Waals surface area contributed by atoms with E-state index in [1.165, 1.54) is 11.3 Å². The van der Waals surface area contributed by atoms with E-state index < -0.39 is 0 Å². The molecule has 0 atom stereocenters. The molecule has 0 saturated carbocycles. The molecule has 1 aliphatic rings. The van der Waals surface area contributed by atoms with Crippen LogP contribution in [0, 0.1) is 0 Å². The highest BCUT2D eigenvalue weighted by molar-refractivity contribution is 7.15. The van der Waals surface area contributed by atoms with Gasteiger partial charge in [-0.15, -0.1) is 11.3 Å². The van der Waals surface area contributed by atoms with Gasteiger partial charge in [-0.3, -0.25) is 4.79 Å². The summed E-state index contributed by atoms with van der Waals surface area (Å²) in [5.74, 6) is 0.1000. The minimum Gasteiger partial charge on any atom is -0.375 e. The van der Waals surface area contributed by atoms with Crippen molar-refractivity contribution in [2.45, 2.75) is 13.0 Å². The molecule has 0 saturated heterocycles. The van der Waals surface area contributed by atoms with Crippen molar-refractivity contribution in [3.8, 4) is 0 Å². The zero-order valence-electron chi connectivity index (χ0n) is 6.46. The first kappa shape index (κ1) is 7.70. The molecule has 0 fully saturated rings. The molecule has 4 nitrogen and oxygen atoms in total. The summed E-state index contributed by atoms with van der Waals surface area (Å²) in [6, 6.07) is 0. The van der Waals surface area contributed by atoms with E-state index in [-0.39, 0.29) is 5.78 Å². The van der Waals surface area contributed by atoms with E-state index in [2.05, 4.69) is 10.3 Å². The van der Waals surface area contributed by atoms with Crippen LogP contribution in [-0.2, 0) is 6.54 Å². The van der Waals surface area contributed by atoms with Crippen LogP contribution < -0.4 is 11.1 Å². The fourth-order valence-electron chi connectivity index (χ4n) is 1.23. The van der Waals surface area contributed by atoms with E-state index in [1.54, 1.807) is 0 Å². The summed E-state index contributed by atoms with van der Waals surface area (Å²) in [5, 5.41) is 3.62. The first-order chi connectivity index (χ1) is 5.77. The second-order valence-corrected chi connectivity index (χ2v) is 3.79. The molecule has 0 radical (unpaired) electrons. The normalized spacial score (nSPS) is 17.2. The monoisotopic (exact) mass is 183 g/mol. The van der Waals surface area contributed by atoms with Gasteiger partial charge >= 0.3 is 0 Å². The van der Waals surface area contributed by atoms with Gasteiger partial charge in [0.2, 0.25) is 0 Å². The van der Waals surface area contributed by atoms with E-state index in [1.807, 2.05) is 0 Å². The molecule has 0 unspecified atom stereocenters. The van der Waals surface area contributed by atoms with Crippen LogP contribution in [0.2, 0.25) is 0 Å². The lowest BCUT2D eigenvalue weighted by Gasteiger charge is -1.93. The summed E-state index contributed by atoms with van der Waals surface area (Å²) in [6.07, 6.45) is 0.524. The summed E-state index contributed by atoms with van der Waals surface area (Å²) in [4.78, 5) is 16.3. The number of ketones is 1. The van der Waals surface area contributed by atoms with Gasteiger partial charge in [0, 0.05) is 19.5 Å². The maximum absolute atomic E-state index is 11.4.